The van der Waals surface area contributed by atoms with Crippen LogP contribution in [0.4, 0.5) is 0 Å². The Morgan fingerprint density at radius 2 is 1.84 bits per heavy atom. The molecule has 0 aromatic heterocycles. The smallest absolute Gasteiger partial charge is 0.175 e. The van der Waals surface area contributed by atoms with Gasteiger partial charge in [-0.1, -0.05) is 12.8 Å². The van der Waals surface area contributed by atoms with E-state index in [2.05, 4.69) is 28.9 Å². The van der Waals surface area contributed by atoms with Crippen LogP contribution >= 0.6 is 15.9 Å². The third kappa shape index (κ3) is 2.05. The molecule has 1 fully saturated rings. The topological polar surface area (TPSA) is 44.5 Å². The van der Waals surface area contributed by atoms with Crippen LogP contribution in [0.15, 0.2) is 10.5 Å². The van der Waals surface area contributed by atoms with E-state index in [1.165, 1.54) is 36.8 Å². The largest absolute Gasteiger partial charge is 0.486 e. The first-order valence-electron chi connectivity index (χ1n) is 6.97. The van der Waals surface area contributed by atoms with E-state index in [-0.39, 0.29) is 5.41 Å². The Balaban J connectivity index is 2.14. The fraction of sp³-hybridized carbons (Fsp3) is 0.600. The predicted octanol–water partition coefficient (Wildman–Crippen LogP) is 3.30. The number of rotatable bonds is 2. The van der Waals surface area contributed by atoms with Crippen LogP contribution in [-0.2, 0) is 5.41 Å². The average molecular weight is 326 g/mol. The first-order valence-corrected chi connectivity index (χ1v) is 7.76. The summed E-state index contributed by atoms with van der Waals surface area (Å²) < 4.78 is 12.5. The molecule has 1 heterocycles. The molecule has 0 spiro atoms. The van der Waals surface area contributed by atoms with Crippen molar-refractivity contribution in [2.24, 2.45) is 5.73 Å². The van der Waals surface area contributed by atoms with Crippen LogP contribution in [-0.4, -0.2) is 19.8 Å². The van der Waals surface area contributed by atoms with Gasteiger partial charge in [-0.15, -0.1) is 0 Å². The van der Waals surface area contributed by atoms with E-state index in [9.17, 15) is 0 Å². The van der Waals surface area contributed by atoms with Crippen molar-refractivity contribution in [3.8, 4) is 11.5 Å². The Hall–Kier alpha value is -0.740. The molecule has 104 valence electrons. The van der Waals surface area contributed by atoms with Crippen LogP contribution in [0.5, 0.6) is 11.5 Å². The molecule has 4 heteroatoms. The van der Waals surface area contributed by atoms with E-state index in [0.29, 0.717) is 19.8 Å². The Labute approximate surface area is 122 Å². The van der Waals surface area contributed by atoms with Crippen molar-refractivity contribution < 1.29 is 9.47 Å². The van der Waals surface area contributed by atoms with E-state index in [1.807, 2.05) is 0 Å². The van der Waals surface area contributed by atoms with Crippen LogP contribution in [0.25, 0.3) is 0 Å². The molecular formula is C15H20BrNO2. The fourth-order valence-electron chi connectivity index (χ4n) is 3.48. The molecule has 0 saturated heterocycles. The Bertz CT molecular complexity index is 495. The molecule has 1 saturated carbocycles. The normalized spacial score (nSPS) is 20.6. The molecule has 0 amide bonds. The number of fused-ring (bicyclic) bond motifs is 1. The van der Waals surface area contributed by atoms with Gasteiger partial charge in [0.1, 0.15) is 13.2 Å². The highest BCUT2D eigenvalue weighted by Gasteiger charge is 2.37. The second-order valence-corrected chi connectivity index (χ2v) is 6.43. The summed E-state index contributed by atoms with van der Waals surface area (Å²) in [6, 6.07) is 2.20. The summed E-state index contributed by atoms with van der Waals surface area (Å²) in [5.41, 5.74) is 8.77. The molecule has 2 aliphatic rings. The van der Waals surface area contributed by atoms with Gasteiger partial charge in [-0.05, 0) is 52.9 Å². The average Bonchev–Trinajstić information content (AvgIpc) is 2.93. The van der Waals surface area contributed by atoms with E-state index < -0.39 is 0 Å². The maximum Gasteiger partial charge on any atom is 0.175 e. The Morgan fingerprint density at radius 1 is 1.21 bits per heavy atom. The maximum absolute atomic E-state index is 6.11. The minimum absolute atomic E-state index is 0.127. The van der Waals surface area contributed by atoms with Crippen molar-refractivity contribution in [2.75, 3.05) is 19.8 Å². The third-order valence-corrected chi connectivity index (χ3v) is 5.13. The van der Waals surface area contributed by atoms with Crippen molar-refractivity contribution in [3.05, 3.63) is 21.7 Å². The second-order valence-electron chi connectivity index (χ2n) is 5.58. The first-order chi connectivity index (χ1) is 9.18. The van der Waals surface area contributed by atoms with Gasteiger partial charge in [-0.25, -0.2) is 0 Å². The van der Waals surface area contributed by atoms with Crippen LogP contribution in [0, 0.1) is 6.92 Å². The maximum atomic E-state index is 6.11. The van der Waals surface area contributed by atoms with E-state index in [0.717, 1.165) is 16.0 Å². The van der Waals surface area contributed by atoms with Crippen LogP contribution in [0.1, 0.15) is 36.8 Å². The van der Waals surface area contributed by atoms with Gasteiger partial charge in [0, 0.05) is 12.0 Å². The molecule has 2 N–H and O–H groups in total. The van der Waals surface area contributed by atoms with Crippen molar-refractivity contribution in [3.63, 3.8) is 0 Å². The molecule has 1 aliphatic heterocycles. The van der Waals surface area contributed by atoms with Gasteiger partial charge in [0.25, 0.3) is 0 Å². The predicted molar refractivity (Wildman–Crippen MR) is 79.1 cm³/mol. The quantitative estimate of drug-likeness (QED) is 0.907. The lowest BCUT2D eigenvalue weighted by Gasteiger charge is -2.32. The molecule has 19 heavy (non-hydrogen) atoms. The lowest BCUT2D eigenvalue weighted by molar-refractivity contribution is 0.168. The highest BCUT2D eigenvalue weighted by Crippen LogP contribution is 2.49. The Morgan fingerprint density at radius 3 is 2.47 bits per heavy atom. The summed E-state index contributed by atoms with van der Waals surface area (Å²) in [6.45, 7) is 4.08. The summed E-state index contributed by atoms with van der Waals surface area (Å²) in [5.74, 6) is 1.74. The molecular weight excluding hydrogens is 306 g/mol. The molecule has 0 radical (unpaired) electrons. The van der Waals surface area contributed by atoms with Gasteiger partial charge in [0.15, 0.2) is 11.5 Å². The number of hydrogen-bond donors (Lipinski definition) is 1. The lowest BCUT2D eigenvalue weighted by Crippen LogP contribution is -2.33. The minimum atomic E-state index is 0.127. The summed E-state index contributed by atoms with van der Waals surface area (Å²) in [7, 11) is 0. The number of ether oxygens (including phenoxy) is 2. The monoisotopic (exact) mass is 325 g/mol. The highest BCUT2D eigenvalue weighted by molar-refractivity contribution is 9.10. The van der Waals surface area contributed by atoms with Gasteiger partial charge in [-0.3, -0.25) is 0 Å². The van der Waals surface area contributed by atoms with E-state index >= 15 is 0 Å². The molecule has 3 rings (SSSR count). The number of hydrogen-bond acceptors (Lipinski definition) is 3. The fourth-order valence-corrected chi connectivity index (χ4v) is 4.01. The number of halogens is 1. The standard InChI is InChI=1S/C15H20BrNO2/c1-10-11(15(9-17)4-2-3-5-15)8-12(16)14-13(10)18-6-7-19-14/h8H,2-7,9,17H2,1H3. The zero-order valence-electron chi connectivity index (χ0n) is 11.3. The molecule has 3 nitrogen and oxygen atoms in total. The molecule has 1 aromatic rings. The van der Waals surface area contributed by atoms with Gasteiger partial charge in [0.2, 0.25) is 0 Å². The van der Waals surface area contributed by atoms with Gasteiger partial charge < -0.3 is 15.2 Å². The first kappa shape index (κ1) is 13.3. The van der Waals surface area contributed by atoms with Gasteiger partial charge in [-0.2, -0.15) is 0 Å². The van der Waals surface area contributed by atoms with E-state index in [4.69, 9.17) is 15.2 Å². The van der Waals surface area contributed by atoms with Crippen molar-refractivity contribution in [1.29, 1.82) is 0 Å². The molecule has 1 aromatic carbocycles. The second kappa shape index (κ2) is 4.98. The number of benzene rings is 1. The Kier molecular flexibility index (Phi) is 3.48. The zero-order valence-corrected chi connectivity index (χ0v) is 12.9. The summed E-state index contributed by atoms with van der Waals surface area (Å²) in [4.78, 5) is 0. The minimum Gasteiger partial charge on any atom is -0.486 e. The van der Waals surface area contributed by atoms with Crippen molar-refractivity contribution in [1.82, 2.24) is 0 Å². The zero-order chi connectivity index (χ0) is 13.5. The van der Waals surface area contributed by atoms with Crippen LogP contribution in [0.2, 0.25) is 0 Å². The SMILES string of the molecule is Cc1c(C2(CN)CCCC2)cc(Br)c2c1OCCO2. The third-order valence-electron chi connectivity index (χ3n) is 4.54. The molecule has 0 unspecified atom stereocenters. The van der Waals surface area contributed by atoms with Crippen molar-refractivity contribution in [2.45, 2.75) is 38.0 Å². The van der Waals surface area contributed by atoms with Crippen LogP contribution in [0.3, 0.4) is 0 Å². The molecule has 1 aliphatic carbocycles. The molecule has 0 bridgehead atoms. The van der Waals surface area contributed by atoms with Crippen LogP contribution < -0.4 is 15.2 Å². The van der Waals surface area contributed by atoms with Gasteiger partial charge in [0.05, 0.1) is 4.47 Å². The van der Waals surface area contributed by atoms with E-state index in [1.54, 1.807) is 0 Å². The summed E-state index contributed by atoms with van der Waals surface area (Å²) >= 11 is 3.62. The summed E-state index contributed by atoms with van der Waals surface area (Å²) in [5, 5.41) is 0. The lowest BCUT2D eigenvalue weighted by atomic mass is 9.76. The highest BCUT2D eigenvalue weighted by atomic mass is 79.9. The van der Waals surface area contributed by atoms with Gasteiger partial charge >= 0.3 is 0 Å². The number of nitrogens with two attached hydrogens (primary N) is 1. The van der Waals surface area contributed by atoms with Crippen molar-refractivity contribution >= 4 is 15.9 Å². The summed E-state index contributed by atoms with van der Waals surface area (Å²) in [6.07, 6.45) is 4.89. The molecule has 0 atom stereocenters.